The molecule has 3 rings (SSSR count). The van der Waals surface area contributed by atoms with Gasteiger partial charge in [-0.1, -0.05) is 109 Å². The summed E-state index contributed by atoms with van der Waals surface area (Å²) in [5, 5.41) is 17.8. The monoisotopic (exact) mass is 564 g/mol. The molecule has 0 aliphatic rings. The predicted molar refractivity (Wildman–Crippen MR) is 111 cm³/mol. The van der Waals surface area contributed by atoms with Gasteiger partial charge in [-0.2, -0.15) is 0 Å². The molecule has 0 unspecified atom stereocenters. The summed E-state index contributed by atoms with van der Waals surface area (Å²) >= 11 is 0. The van der Waals surface area contributed by atoms with Gasteiger partial charge in [0.15, 0.2) is 0 Å². The average Bonchev–Trinajstić information content (AvgIpc) is 2.66. The van der Waals surface area contributed by atoms with Crippen molar-refractivity contribution >= 4 is 38.1 Å². The molecule has 0 aliphatic carbocycles. The van der Waals surface area contributed by atoms with Gasteiger partial charge in [0.05, 0.1) is 0 Å². The number of rotatable bonds is 0. The second-order valence-electron chi connectivity index (χ2n) is 4.45. The van der Waals surface area contributed by atoms with Crippen LogP contribution in [0.4, 0.5) is 0 Å². The first-order chi connectivity index (χ1) is 12.5. The second-order valence-corrected chi connectivity index (χ2v) is 4.45. The van der Waals surface area contributed by atoms with E-state index >= 15 is 0 Å². The van der Waals surface area contributed by atoms with E-state index in [2.05, 4.69) is 0 Å². The number of carboxylic acids is 2. The van der Waals surface area contributed by atoms with Gasteiger partial charge in [-0.15, -0.1) is 0 Å². The molecule has 0 spiro atoms. The normalized spacial score (nSPS) is 7.19. The van der Waals surface area contributed by atoms with Crippen LogP contribution in [0.2, 0.25) is 0 Å². The minimum absolute atomic E-state index is 0. The Morgan fingerprint density at radius 2 is 0.444 bits per heavy atom. The molecule has 0 saturated carbocycles. The van der Waals surface area contributed by atoms with Crippen molar-refractivity contribution in [2.75, 3.05) is 0 Å². The van der Waals surface area contributed by atoms with Gasteiger partial charge in [-0.05, 0) is 13.8 Å². The third-order valence-corrected chi connectivity index (χ3v) is 2.00. The van der Waals surface area contributed by atoms with Crippen LogP contribution < -0.4 is 10.2 Å². The van der Waals surface area contributed by atoms with E-state index in [0.29, 0.717) is 0 Å². The number of carbonyl (C=O) groups is 2. The molecule has 0 saturated heterocycles. The summed E-state index contributed by atoms with van der Waals surface area (Å²) in [5.74, 6) is -2.17. The smallest absolute Gasteiger partial charge is 0.0623 e. The first-order valence-corrected chi connectivity index (χ1v) is 7.82. The molecule has 5 heteroatoms. The van der Waals surface area contributed by atoms with E-state index in [1.54, 1.807) is 0 Å². The molecular formula is C22H27BiO4. The Morgan fingerprint density at radius 1 is 0.407 bits per heavy atom. The van der Waals surface area contributed by atoms with E-state index in [-0.39, 0.29) is 26.2 Å². The summed E-state index contributed by atoms with van der Waals surface area (Å²) in [4.78, 5) is 17.8. The fraction of sp³-hybridized carbons (Fsp3) is 0.0909. The second kappa shape index (κ2) is 25.7. The Kier molecular flexibility index (Phi) is 27.9. The maximum atomic E-state index is 8.89. The maximum Gasteiger partial charge on any atom is -0.0623 e. The first-order valence-electron chi connectivity index (χ1n) is 7.82. The molecule has 27 heavy (non-hydrogen) atoms. The Bertz CT molecular complexity index is 457. The van der Waals surface area contributed by atoms with Gasteiger partial charge < -0.3 is 19.8 Å². The SMILES string of the molecule is CC(=O)[O-].CC(=O)[O-].[BiH3+2].c1ccccc1.c1ccccc1.c1ccccc1. The van der Waals surface area contributed by atoms with Crippen molar-refractivity contribution in [1.29, 1.82) is 0 Å². The van der Waals surface area contributed by atoms with Crippen LogP contribution in [0.15, 0.2) is 109 Å². The zero-order valence-corrected chi connectivity index (χ0v) is 21.2. The van der Waals surface area contributed by atoms with Crippen molar-refractivity contribution in [2.24, 2.45) is 0 Å². The molecule has 0 bridgehead atoms. The topological polar surface area (TPSA) is 80.3 Å². The van der Waals surface area contributed by atoms with E-state index < -0.39 is 11.9 Å². The van der Waals surface area contributed by atoms with Crippen molar-refractivity contribution in [2.45, 2.75) is 13.8 Å². The van der Waals surface area contributed by atoms with E-state index in [9.17, 15) is 0 Å². The number of hydrogen-bond acceptors (Lipinski definition) is 4. The van der Waals surface area contributed by atoms with Crippen LogP contribution in [0.1, 0.15) is 13.8 Å². The molecule has 0 fully saturated rings. The zero-order chi connectivity index (χ0) is 19.9. The van der Waals surface area contributed by atoms with Crippen molar-refractivity contribution in [3.63, 3.8) is 0 Å². The van der Waals surface area contributed by atoms with E-state index in [0.717, 1.165) is 13.8 Å². The third kappa shape index (κ3) is 45.2. The quantitative estimate of drug-likeness (QED) is 0.387. The Morgan fingerprint density at radius 3 is 0.481 bits per heavy atom. The maximum absolute atomic E-state index is 8.89. The Hall–Kier alpha value is -2.52. The summed E-state index contributed by atoms with van der Waals surface area (Å²) in [5.41, 5.74) is 0. The number of benzene rings is 3. The number of aliphatic carboxylic acids is 2. The molecule has 0 N–H and O–H groups in total. The van der Waals surface area contributed by atoms with Gasteiger partial charge in [-0.25, -0.2) is 0 Å². The fourth-order valence-corrected chi connectivity index (χ4v) is 1.15. The molecule has 0 aromatic heterocycles. The molecule has 3 aromatic rings. The van der Waals surface area contributed by atoms with Gasteiger partial charge in [0.1, 0.15) is 0 Å². The summed E-state index contributed by atoms with van der Waals surface area (Å²) in [6, 6.07) is 36.0. The van der Waals surface area contributed by atoms with Crippen LogP contribution in [-0.4, -0.2) is 38.1 Å². The van der Waals surface area contributed by atoms with E-state index in [1.165, 1.54) is 0 Å². The standard InChI is InChI=1S/3C6H6.2C2H4O2.Bi.3H/c3*1-2-4-6-5-3-1;2*1-2(3)4;;;;/h3*1-6H;2*1H3,(H,3,4);;;;/q;;;;;+2;;;/p-2. The average molecular weight is 564 g/mol. The number of carbonyl (C=O) groups excluding carboxylic acids is 2. The molecular weight excluding hydrogens is 537 g/mol. The summed E-state index contributed by atoms with van der Waals surface area (Å²) in [7, 11) is 0. The van der Waals surface area contributed by atoms with Crippen LogP contribution in [0.25, 0.3) is 0 Å². The van der Waals surface area contributed by atoms with Crippen molar-refractivity contribution in [3.05, 3.63) is 109 Å². The number of hydrogen-bond donors (Lipinski definition) is 0. The number of carboxylic acid groups (broad SMARTS) is 2. The minimum atomic E-state index is -1.08. The Balaban J connectivity index is -0.000000268. The van der Waals surface area contributed by atoms with Crippen LogP contribution >= 0.6 is 0 Å². The van der Waals surface area contributed by atoms with Crippen molar-refractivity contribution < 1.29 is 19.8 Å². The van der Waals surface area contributed by atoms with Gasteiger partial charge >= 0.3 is 26.2 Å². The summed E-state index contributed by atoms with van der Waals surface area (Å²) in [6.45, 7) is 1.94. The molecule has 0 heterocycles. The van der Waals surface area contributed by atoms with E-state index in [1.807, 2.05) is 109 Å². The largest absolute Gasteiger partial charge is 0.0623 e. The third-order valence-electron chi connectivity index (χ3n) is 2.00. The molecule has 4 nitrogen and oxygen atoms in total. The zero-order valence-electron chi connectivity index (χ0n) is 15.7. The van der Waals surface area contributed by atoms with Gasteiger partial charge in [0.2, 0.25) is 0 Å². The summed E-state index contributed by atoms with van der Waals surface area (Å²) in [6.07, 6.45) is 0. The minimum Gasteiger partial charge on any atom is -0.0623 e. The first kappa shape index (κ1) is 29.3. The summed E-state index contributed by atoms with van der Waals surface area (Å²) < 4.78 is 0. The van der Waals surface area contributed by atoms with Crippen LogP contribution in [0, 0.1) is 0 Å². The molecule has 0 radical (unpaired) electrons. The molecule has 0 aliphatic heterocycles. The van der Waals surface area contributed by atoms with Crippen LogP contribution in [0.5, 0.6) is 0 Å². The molecule has 3 aromatic carbocycles. The van der Waals surface area contributed by atoms with Gasteiger partial charge in [0, 0.05) is 11.9 Å². The van der Waals surface area contributed by atoms with Gasteiger partial charge in [0.25, 0.3) is 0 Å². The fourth-order valence-electron chi connectivity index (χ4n) is 1.15. The molecule has 0 amide bonds. The Labute approximate surface area is 180 Å². The van der Waals surface area contributed by atoms with Crippen LogP contribution in [-0.2, 0) is 9.59 Å². The van der Waals surface area contributed by atoms with Crippen LogP contribution in [0.3, 0.4) is 0 Å². The molecule has 0 atom stereocenters. The van der Waals surface area contributed by atoms with E-state index in [4.69, 9.17) is 19.8 Å². The van der Waals surface area contributed by atoms with Crippen molar-refractivity contribution in [1.82, 2.24) is 0 Å². The predicted octanol–water partition coefficient (Wildman–Crippen LogP) is 1.39. The van der Waals surface area contributed by atoms with Crippen molar-refractivity contribution in [3.8, 4) is 0 Å². The molecule has 144 valence electrons. The van der Waals surface area contributed by atoms with Gasteiger partial charge in [-0.3, -0.25) is 0 Å².